The fourth-order valence-electron chi connectivity index (χ4n) is 2.70. The van der Waals surface area contributed by atoms with E-state index in [1.165, 1.54) is 0 Å². The van der Waals surface area contributed by atoms with Crippen molar-refractivity contribution in [2.24, 2.45) is 0 Å². The third kappa shape index (κ3) is 2.62. The molecule has 1 aromatic rings. The van der Waals surface area contributed by atoms with E-state index in [1.54, 1.807) is 0 Å². The number of aliphatic hydroxyl groups is 1. The predicted molar refractivity (Wildman–Crippen MR) is 73.1 cm³/mol. The second-order valence-electron chi connectivity index (χ2n) is 4.91. The van der Waals surface area contributed by atoms with E-state index in [2.05, 4.69) is 16.3 Å². The number of hydrogen-bond acceptors (Lipinski definition) is 5. The zero-order valence-electron chi connectivity index (χ0n) is 11.0. The van der Waals surface area contributed by atoms with E-state index in [1.807, 2.05) is 12.1 Å². The summed E-state index contributed by atoms with van der Waals surface area (Å²) >= 11 is 0. The maximum Gasteiger partial charge on any atom is 0.184 e. The number of fused-ring (bicyclic) bond motifs is 1. The first-order valence-electron chi connectivity index (χ1n) is 6.86. The zero-order valence-corrected chi connectivity index (χ0v) is 11.0. The van der Waals surface area contributed by atoms with Crippen LogP contribution in [0.5, 0.6) is 11.5 Å². The molecule has 2 aliphatic heterocycles. The van der Waals surface area contributed by atoms with Gasteiger partial charge in [0.2, 0.25) is 0 Å². The molecule has 1 unspecified atom stereocenters. The SMILES string of the molecule is OCCC1CN(c2cccc3c2OCCO3)CCN1. The molecule has 0 aromatic heterocycles. The number of ether oxygens (including phenoxy) is 2. The number of anilines is 1. The number of benzene rings is 1. The van der Waals surface area contributed by atoms with Gasteiger partial charge in [-0.1, -0.05) is 6.07 Å². The second-order valence-corrected chi connectivity index (χ2v) is 4.91. The summed E-state index contributed by atoms with van der Waals surface area (Å²) in [6, 6.07) is 6.37. The van der Waals surface area contributed by atoms with Gasteiger partial charge in [0, 0.05) is 32.3 Å². The number of aliphatic hydroxyl groups excluding tert-OH is 1. The Morgan fingerprint density at radius 1 is 1.32 bits per heavy atom. The van der Waals surface area contributed by atoms with Gasteiger partial charge in [0.1, 0.15) is 13.2 Å². The molecule has 1 atom stereocenters. The van der Waals surface area contributed by atoms with Crippen molar-refractivity contribution in [3.05, 3.63) is 18.2 Å². The molecule has 1 saturated heterocycles. The number of para-hydroxylation sites is 1. The summed E-state index contributed by atoms with van der Waals surface area (Å²) in [6.45, 7) is 4.20. The molecule has 0 radical (unpaired) electrons. The molecule has 0 aliphatic carbocycles. The smallest absolute Gasteiger partial charge is 0.184 e. The molecule has 2 heterocycles. The van der Waals surface area contributed by atoms with Crippen LogP contribution in [-0.2, 0) is 0 Å². The van der Waals surface area contributed by atoms with Crippen LogP contribution in [0.1, 0.15) is 6.42 Å². The fourth-order valence-corrected chi connectivity index (χ4v) is 2.70. The van der Waals surface area contributed by atoms with E-state index in [0.717, 1.165) is 43.2 Å². The Hall–Kier alpha value is -1.46. The van der Waals surface area contributed by atoms with E-state index >= 15 is 0 Å². The van der Waals surface area contributed by atoms with Crippen molar-refractivity contribution in [1.82, 2.24) is 5.32 Å². The minimum Gasteiger partial charge on any atom is -0.486 e. The first kappa shape index (κ1) is 12.6. The van der Waals surface area contributed by atoms with Crippen molar-refractivity contribution in [3.8, 4) is 11.5 Å². The minimum atomic E-state index is 0.220. The van der Waals surface area contributed by atoms with Crippen LogP contribution in [0.3, 0.4) is 0 Å². The molecule has 3 rings (SSSR count). The summed E-state index contributed by atoms with van der Waals surface area (Å²) in [6.07, 6.45) is 0.781. The van der Waals surface area contributed by atoms with Gasteiger partial charge >= 0.3 is 0 Å². The molecule has 1 aromatic carbocycles. The Morgan fingerprint density at radius 3 is 3.11 bits per heavy atom. The molecule has 2 aliphatic rings. The fraction of sp³-hybridized carbons (Fsp3) is 0.571. The van der Waals surface area contributed by atoms with Crippen LogP contribution >= 0.6 is 0 Å². The van der Waals surface area contributed by atoms with Gasteiger partial charge in [-0.3, -0.25) is 0 Å². The molecule has 2 N–H and O–H groups in total. The number of hydrogen-bond donors (Lipinski definition) is 2. The molecule has 0 saturated carbocycles. The Kier molecular flexibility index (Phi) is 3.75. The van der Waals surface area contributed by atoms with Crippen LogP contribution in [0.15, 0.2) is 18.2 Å². The van der Waals surface area contributed by atoms with Gasteiger partial charge in [0.25, 0.3) is 0 Å². The summed E-state index contributed by atoms with van der Waals surface area (Å²) in [7, 11) is 0. The molecule has 1 fully saturated rings. The number of nitrogens with zero attached hydrogens (tertiary/aromatic N) is 1. The zero-order chi connectivity index (χ0) is 13.1. The average molecular weight is 264 g/mol. The van der Waals surface area contributed by atoms with E-state index in [0.29, 0.717) is 19.3 Å². The lowest BCUT2D eigenvalue weighted by molar-refractivity contribution is 0.171. The third-order valence-electron chi connectivity index (χ3n) is 3.62. The summed E-state index contributed by atoms with van der Waals surface area (Å²) in [5, 5.41) is 12.5. The summed E-state index contributed by atoms with van der Waals surface area (Å²) < 4.78 is 11.4. The van der Waals surface area contributed by atoms with E-state index in [-0.39, 0.29) is 6.61 Å². The molecular weight excluding hydrogens is 244 g/mol. The van der Waals surface area contributed by atoms with Crippen molar-refractivity contribution >= 4 is 5.69 Å². The number of piperazine rings is 1. The first-order valence-corrected chi connectivity index (χ1v) is 6.86. The standard InChI is InChI=1S/C14H20N2O3/c17-7-4-11-10-16(6-5-15-11)12-2-1-3-13-14(12)19-9-8-18-13/h1-3,11,15,17H,4-10H2. The van der Waals surface area contributed by atoms with Crippen LogP contribution < -0.4 is 19.7 Å². The predicted octanol–water partition coefficient (Wildman–Crippen LogP) is 0.618. The van der Waals surface area contributed by atoms with E-state index in [9.17, 15) is 0 Å². The lowest BCUT2D eigenvalue weighted by Gasteiger charge is -2.36. The second kappa shape index (κ2) is 5.67. The molecular formula is C14H20N2O3. The van der Waals surface area contributed by atoms with Crippen molar-refractivity contribution in [2.45, 2.75) is 12.5 Å². The molecule has 0 bridgehead atoms. The van der Waals surface area contributed by atoms with Gasteiger partial charge in [-0.15, -0.1) is 0 Å². The van der Waals surface area contributed by atoms with Crippen LogP contribution in [0.4, 0.5) is 5.69 Å². The maximum absolute atomic E-state index is 9.06. The van der Waals surface area contributed by atoms with Crippen LogP contribution in [-0.4, -0.2) is 50.6 Å². The molecule has 19 heavy (non-hydrogen) atoms. The largest absolute Gasteiger partial charge is 0.486 e. The van der Waals surface area contributed by atoms with Gasteiger partial charge in [-0.05, 0) is 18.6 Å². The molecule has 0 amide bonds. The van der Waals surface area contributed by atoms with Crippen LogP contribution in [0, 0.1) is 0 Å². The van der Waals surface area contributed by atoms with Gasteiger partial charge in [0.05, 0.1) is 5.69 Å². The monoisotopic (exact) mass is 264 g/mol. The first-order chi connectivity index (χ1) is 9.38. The Balaban J connectivity index is 1.81. The normalized spacial score (nSPS) is 22.4. The quantitative estimate of drug-likeness (QED) is 0.838. The van der Waals surface area contributed by atoms with E-state index < -0.39 is 0 Å². The lowest BCUT2D eigenvalue weighted by atomic mass is 10.1. The van der Waals surface area contributed by atoms with Crippen molar-refractivity contribution in [1.29, 1.82) is 0 Å². The van der Waals surface area contributed by atoms with Crippen molar-refractivity contribution < 1.29 is 14.6 Å². The Labute approximate surface area is 113 Å². The summed E-state index contributed by atoms with van der Waals surface area (Å²) in [4.78, 5) is 2.31. The van der Waals surface area contributed by atoms with Gasteiger partial charge in [0.15, 0.2) is 11.5 Å². The summed E-state index contributed by atoms with van der Waals surface area (Å²) in [5.74, 6) is 1.69. The minimum absolute atomic E-state index is 0.220. The number of rotatable bonds is 3. The molecule has 5 heteroatoms. The molecule has 0 spiro atoms. The van der Waals surface area contributed by atoms with Gasteiger partial charge in [-0.25, -0.2) is 0 Å². The maximum atomic E-state index is 9.06. The highest BCUT2D eigenvalue weighted by Crippen LogP contribution is 2.39. The highest BCUT2D eigenvalue weighted by atomic mass is 16.6. The number of nitrogens with one attached hydrogen (secondary N) is 1. The Morgan fingerprint density at radius 2 is 2.21 bits per heavy atom. The van der Waals surface area contributed by atoms with Crippen molar-refractivity contribution in [3.63, 3.8) is 0 Å². The van der Waals surface area contributed by atoms with Crippen molar-refractivity contribution in [2.75, 3.05) is 44.4 Å². The molecule has 104 valence electrons. The van der Waals surface area contributed by atoms with E-state index in [4.69, 9.17) is 14.6 Å². The third-order valence-corrected chi connectivity index (χ3v) is 3.62. The Bertz CT molecular complexity index is 437. The summed E-state index contributed by atoms with van der Waals surface area (Å²) in [5.41, 5.74) is 1.10. The highest BCUT2D eigenvalue weighted by molar-refractivity contribution is 5.65. The van der Waals surface area contributed by atoms with Gasteiger partial charge < -0.3 is 24.8 Å². The van der Waals surface area contributed by atoms with Gasteiger partial charge in [-0.2, -0.15) is 0 Å². The average Bonchev–Trinajstić information content (AvgIpc) is 2.47. The lowest BCUT2D eigenvalue weighted by Crippen LogP contribution is -2.51. The topological polar surface area (TPSA) is 54.0 Å². The van der Waals surface area contributed by atoms with Crippen LogP contribution in [0.25, 0.3) is 0 Å². The molecule has 5 nitrogen and oxygen atoms in total. The van der Waals surface area contributed by atoms with Crippen LogP contribution in [0.2, 0.25) is 0 Å². The highest BCUT2D eigenvalue weighted by Gasteiger charge is 2.24.